The first kappa shape index (κ1) is 17.3. The van der Waals surface area contributed by atoms with Gasteiger partial charge in [0.25, 0.3) is 0 Å². The molecular weight excluding hydrogens is 321 g/mol. The van der Waals surface area contributed by atoms with Crippen LogP contribution in [0.2, 0.25) is 0 Å². The fraction of sp³-hybridized carbons (Fsp3) is 0.444. The zero-order valence-electron chi connectivity index (χ0n) is 14.7. The maximum atomic E-state index is 13.0. The molecule has 1 aromatic heterocycles. The average Bonchev–Trinajstić information content (AvgIpc) is 3.09. The number of piperazine rings is 1. The van der Waals surface area contributed by atoms with Crippen molar-refractivity contribution in [1.29, 1.82) is 0 Å². The summed E-state index contributed by atoms with van der Waals surface area (Å²) in [4.78, 5) is 16.7. The number of hydrogen-bond acceptors (Lipinski definition) is 4. The highest BCUT2D eigenvalue weighted by Gasteiger charge is 2.25. The van der Waals surface area contributed by atoms with E-state index < -0.39 is 0 Å². The average molecular weight is 345 g/mol. The molecule has 25 heavy (non-hydrogen) atoms. The highest BCUT2D eigenvalue weighted by Crippen LogP contribution is 2.17. The molecule has 1 fully saturated rings. The number of aromatic nitrogens is 2. The lowest BCUT2D eigenvalue weighted by Gasteiger charge is -2.37. The maximum Gasteiger partial charge on any atom is 0.244 e. The van der Waals surface area contributed by atoms with Crippen LogP contribution in [0.15, 0.2) is 36.7 Å². The molecule has 7 heteroatoms. The predicted octanol–water partition coefficient (Wildman–Crippen LogP) is 2.19. The number of nitrogens with zero attached hydrogens (tertiary/aromatic N) is 4. The van der Waals surface area contributed by atoms with Crippen LogP contribution in [-0.2, 0) is 11.3 Å². The van der Waals surface area contributed by atoms with E-state index in [0.717, 1.165) is 31.0 Å². The van der Waals surface area contributed by atoms with Crippen molar-refractivity contribution in [3.05, 3.63) is 42.5 Å². The van der Waals surface area contributed by atoms with E-state index in [0.29, 0.717) is 13.1 Å². The summed E-state index contributed by atoms with van der Waals surface area (Å²) in [5, 5.41) is 7.42. The lowest BCUT2D eigenvalue weighted by molar-refractivity contribution is -0.131. The van der Waals surface area contributed by atoms with Crippen LogP contribution in [0.1, 0.15) is 13.8 Å². The zero-order valence-corrected chi connectivity index (χ0v) is 14.7. The van der Waals surface area contributed by atoms with E-state index in [1.54, 1.807) is 18.3 Å². The lowest BCUT2D eigenvalue weighted by atomic mass is 10.2. The number of amides is 1. The van der Waals surface area contributed by atoms with Crippen molar-refractivity contribution >= 4 is 17.3 Å². The Morgan fingerprint density at radius 3 is 2.52 bits per heavy atom. The number of nitrogens with one attached hydrogen (secondary N) is 1. The minimum Gasteiger partial charge on any atom is -0.371 e. The third-order valence-electron chi connectivity index (χ3n) is 4.49. The molecule has 2 aromatic rings. The summed E-state index contributed by atoms with van der Waals surface area (Å²) in [7, 11) is 0. The van der Waals surface area contributed by atoms with Crippen LogP contribution < -0.4 is 10.2 Å². The Kier molecular flexibility index (Phi) is 5.21. The number of rotatable bonds is 5. The molecule has 0 saturated carbocycles. The van der Waals surface area contributed by atoms with Gasteiger partial charge in [-0.25, -0.2) is 4.39 Å². The molecule has 0 spiro atoms. The van der Waals surface area contributed by atoms with E-state index in [1.807, 2.05) is 29.6 Å². The van der Waals surface area contributed by atoms with Gasteiger partial charge in [-0.05, 0) is 38.1 Å². The molecular formula is C18H24FN5O. The van der Waals surface area contributed by atoms with Gasteiger partial charge in [0.15, 0.2) is 0 Å². The fourth-order valence-electron chi connectivity index (χ4n) is 3.03. The van der Waals surface area contributed by atoms with Gasteiger partial charge in [-0.3, -0.25) is 9.48 Å². The topological polar surface area (TPSA) is 53.4 Å². The van der Waals surface area contributed by atoms with Gasteiger partial charge in [0.1, 0.15) is 11.9 Å². The summed E-state index contributed by atoms with van der Waals surface area (Å²) >= 11 is 0. The highest BCUT2D eigenvalue weighted by molar-refractivity contribution is 5.84. The minimum absolute atomic E-state index is 0.0861. The summed E-state index contributed by atoms with van der Waals surface area (Å²) in [6.45, 7) is 7.52. The summed E-state index contributed by atoms with van der Waals surface area (Å²) in [5.41, 5.74) is 1.85. The zero-order chi connectivity index (χ0) is 17.8. The van der Waals surface area contributed by atoms with Crippen LogP contribution in [0.5, 0.6) is 0 Å². The number of anilines is 2. The van der Waals surface area contributed by atoms with Crippen molar-refractivity contribution in [3.63, 3.8) is 0 Å². The Hall–Kier alpha value is -2.57. The standard InChI is InChI=1S/C18H24FN5O/c1-3-24-13-16(12-20-24)21-14(2)18(25)23-10-8-22(9-11-23)17-6-4-15(19)5-7-17/h4-7,12-14,21H,3,8-11H2,1-2H3/t14-/m0/s1. The molecule has 1 amide bonds. The van der Waals surface area contributed by atoms with Crippen LogP contribution >= 0.6 is 0 Å². The van der Waals surface area contributed by atoms with E-state index >= 15 is 0 Å². The SMILES string of the molecule is CCn1cc(N[C@@H](C)C(=O)N2CCN(c3ccc(F)cc3)CC2)cn1. The monoisotopic (exact) mass is 345 g/mol. The van der Waals surface area contributed by atoms with Gasteiger partial charge < -0.3 is 15.1 Å². The molecule has 0 aliphatic carbocycles. The van der Waals surface area contributed by atoms with Gasteiger partial charge in [-0.1, -0.05) is 0 Å². The number of hydrogen-bond donors (Lipinski definition) is 1. The van der Waals surface area contributed by atoms with Crippen LogP contribution in [0.4, 0.5) is 15.8 Å². The molecule has 0 radical (unpaired) electrons. The summed E-state index contributed by atoms with van der Waals surface area (Å²) in [5.74, 6) is -0.146. The smallest absolute Gasteiger partial charge is 0.244 e. The molecule has 1 atom stereocenters. The number of aryl methyl sites for hydroxylation is 1. The highest BCUT2D eigenvalue weighted by atomic mass is 19.1. The second-order valence-corrected chi connectivity index (χ2v) is 6.24. The van der Waals surface area contributed by atoms with Gasteiger partial charge >= 0.3 is 0 Å². The first-order valence-corrected chi connectivity index (χ1v) is 8.65. The van der Waals surface area contributed by atoms with E-state index in [9.17, 15) is 9.18 Å². The number of carbonyl (C=O) groups excluding carboxylic acids is 1. The van der Waals surface area contributed by atoms with Crippen LogP contribution in [0, 0.1) is 5.82 Å². The first-order valence-electron chi connectivity index (χ1n) is 8.65. The number of benzene rings is 1. The first-order chi connectivity index (χ1) is 12.1. The predicted molar refractivity (Wildman–Crippen MR) is 96.2 cm³/mol. The van der Waals surface area contributed by atoms with Gasteiger partial charge in [0, 0.05) is 44.6 Å². The van der Waals surface area contributed by atoms with Crippen molar-refractivity contribution in [2.75, 3.05) is 36.4 Å². The van der Waals surface area contributed by atoms with E-state index in [-0.39, 0.29) is 17.8 Å². The maximum absolute atomic E-state index is 13.0. The summed E-state index contributed by atoms with van der Waals surface area (Å²) < 4.78 is 14.8. The molecule has 134 valence electrons. The Labute approximate surface area is 147 Å². The molecule has 6 nitrogen and oxygen atoms in total. The second kappa shape index (κ2) is 7.55. The van der Waals surface area contributed by atoms with Gasteiger partial charge in [-0.15, -0.1) is 0 Å². The van der Waals surface area contributed by atoms with Crippen molar-refractivity contribution in [2.24, 2.45) is 0 Å². The molecule has 1 aromatic carbocycles. The van der Waals surface area contributed by atoms with Gasteiger partial charge in [-0.2, -0.15) is 5.10 Å². The molecule has 1 N–H and O–H groups in total. The Morgan fingerprint density at radius 2 is 1.92 bits per heavy atom. The van der Waals surface area contributed by atoms with Crippen molar-refractivity contribution in [1.82, 2.24) is 14.7 Å². The minimum atomic E-state index is -0.299. The van der Waals surface area contributed by atoms with Crippen LogP contribution in [0.3, 0.4) is 0 Å². The molecule has 2 heterocycles. The lowest BCUT2D eigenvalue weighted by Crippen LogP contribution is -2.52. The summed E-state index contributed by atoms with van der Waals surface area (Å²) in [6, 6.07) is 6.20. The Bertz CT molecular complexity index is 707. The van der Waals surface area contributed by atoms with E-state index in [1.165, 1.54) is 12.1 Å². The van der Waals surface area contributed by atoms with Crippen molar-refractivity contribution in [2.45, 2.75) is 26.4 Å². The third-order valence-corrected chi connectivity index (χ3v) is 4.49. The largest absolute Gasteiger partial charge is 0.371 e. The third kappa shape index (κ3) is 4.10. The number of halogens is 1. The molecule has 1 saturated heterocycles. The van der Waals surface area contributed by atoms with Gasteiger partial charge in [0.05, 0.1) is 11.9 Å². The van der Waals surface area contributed by atoms with Crippen LogP contribution in [0.25, 0.3) is 0 Å². The Morgan fingerprint density at radius 1 is 1.24 bits per heavy atom. The number of carbonyl (C=O) groups is 1. The fourth-order valence-corrected chi connectivity index (χ4v) is 3.03. The normalized spacial score (nSPS) is 16.0. The van der Waals surface area contributed by atoms with E-state index in [4.69, 9.17) is 0 Å². The second-order valence-electron chi connectivity index (χ2n) is 6.24. The molecule has 1 aliphatic rings. The molecule has 0 unspecified atom stereocenters. The van der Waals surface area contributed by atoms with Crippen LogP contribution in [-0.4, -0.2) is 52.8 Å². The van der Waals surface area contributed by atoms with Gasteiger partial charge in [0.2, 0.25) is 5.91 Å². The van der Waals surface area contributed by atoms with Crippen molar-refractivity contribution < 1.29 is 9.18 Å². The Balaban J connectivity index is 1.52. The summed E-state index contributed by atoms with van der Waals surface area (Å²) in [6.07, 6.45) is 3.63. The molecule has 3 rings (SSSR count). The molecule has 0 bridgehead atoms. The van der Waals surface area contributed by atoms with Crippen molar-refractivity contribution in [3.8, 4) is 0 Å². The van der Waals surface area contributed by atoms with E-state index in [2.05, 4.69) is 15.3 Å². The molecule has 1 aliphatic heterocycles. The quantitative estimate of drug-likeness (QED) is 0.903.